The zero-order valence-electron chi connectivity index (χ0n) is 7.89. The minimum Gasteiger partial charge on any atom is -0.353 e. The molecule has 0 N–H and O–H groups in total. The van der Waals surface area contributed by atoms with E-state index < -0.39 is 0 Å². The van der Waals surface area contributed by atoms with Gasteiger partial charge in [0.2, 0.25) is 0 Å². The van der Waals surface area contributed by atoms with E-state index in [-0.39, 0.29) is 0 Å². The molecule has 72 valence electrons. The third-order valence-electron chi connectivity index (χ3n) is 2.29. The molecule has 2 rings (SSSR count). The van der Waals surface area contributed by atoms with Crippen LogP contribution >= 0.6 is 0 Å². The number of rotatable bonds is 2. The van der Waals surface area contributed by atoms with Gasteiger partial charge in [0, 0.05) is 24.8 Å². The molecule has 3 heteroatoms. The zero-order chi connectivity index (χ0) is 9.80. The third kappa shape index (κ3) is 1.82. The molecule has 0 saturated carbocycles. The predicted molar refractivity (Wildman–Crippen MR) is 55.6 cm³/mol. The first kappa shape index (κ1) is 8.94. The zero-order valence-corrected chi connectivity index (χ0v) is 7.89. The summed E-state index contributed by atoms with van der Waals surface area (Å²) in [6.45, 7) is 1.91. The van der Waals surface area contributed by atoms with E-state index in [1.54, 1.807) is 12.3 Å². The van der Waals surface area contributed by atoms with Crippen molar-refractivity contribution in [3.05, 3.63) is 36.0 Å². The topological polar surface area (TPSA) is 33.2 Å². The molecule has 0 spiro atoms. The summed E-state index contributed by atoms with van der Waals surface area (Å²) in [5.74, 6) is 0.944. The Bertz CT molecular complexity index is 343. The van der Waals surface area contributed by atoms with Gasteiger partial charge in [-0.15, -0.1) is 0 Å². The lowest BCUT2D eigenvalue weighted by atomic mass is 10.2. The summed E-state index contributed by atoms with van der Waals surface area (Å²) in [6.07, 6.45) is 7.81. The summed E-state index contributed by atoms with van der Waals surface area (Å²) in [7, 11) is 0. The number of anilines is 1. The molecular weight excluding hydrogens is 176 g/mol. The molecule has 14 heavy (non-hydrogen) atoms. The van der Waals surface area contributed by atoms with Crippen LogP contribution in [0.5, 0.6) is 0 Å². The van der Waals surface area contributed by atoms with Crippen molar-refractivity contribution in [2.45, 2.75) is 6.42 Å². The molecule has 1 aromatic rings. The quantitative estimate of drug-likeness (QED) is 0.522. The summed E-state index contributed by atoms with van der Waals surface area (Å²) >= 11 is 0. The molecule has 0 fully saturated rings. The summed E-state index contributed by atoms with van der Waals surface area (Å²) in [5.41, 5.74) is 0.626. The summed E-state index contributed by atoms with van der Waals surface area (Å²) in [6, 6.07) is 3.69. The van der Waals surface area contributed by atoms with Crippen molar-refractivity contribution >= 4 is 12.1 Å². The molecule has 3 nitrogen and oxygen atoms in total. The number of pyridine rings is 1. The lowest BCUT2D eigenvalue weighted by Gasteiger charge is -2.24. The number of aromatic nitrogens is 1. The molecular formula is C11H12N2O. The molecule has 1 aliphatic heterocycles. The van der Waals surface area contributed by atoms with Crippen molar-refractivity contribution in [1.29, 1.82) is 0 Å². The first-order valence-electron chi connectivity index (χ1n) is 4.71. The maximum Gasteiger partial charge on any atom is 0.151 e. The number of carbonyl (C=O) groups excluding carboxylic acids is 1. The SMILES string of the molecule is O=Cc1ccc(N2CC=CCC2)nc1. The molecule has 0 aliphatic carbocycles. The van der Waals surface area contributed by atoms with Crippen LogP contribution in [0.2, 0.25) is 0 Å². The van der Waals surface area contributed by atoms with Gasteiger partial charge >= 0.3 is 0 Å². The van der Waals surface area contributed by atoms with Crippen molar-refractivity contribution < 1.29 is 4.79 Å². The highest BCUT2D eigenvalue weighted by atomic mass is 16.1. The highest BCUT2D eigenvalue weighted by molar-refractivity contribution is 5.74. The highest BCUT2D eigenvalue weighted by Crippen LogP contribution is 2.13. The van der Waals surface area contributed by atoms with E-state index in [0.29, 0.717) is 5.56 Å². The monoisotopic (exact) mass is 188 g/mol. The van der Waals surface area contributed by atoms with Gasteiger partial charge in [-0.25, -0.2) is 4.98 Å². The molecule has 0 radical (unpaired) electrons. The van der Waals surface area contributed by atoms with Gasteiger partial charge in [0.1, 0.15) is 5.82 Å². The van der Waals surface area contributed by atoms with E-state index in [1.165, 1.54) is 0 Å². The Kier molecular flexibility index (Phi) is 2.58. The van der Waals surface area contributed by atoms with Crippen LogP contribution in [0.4, 0.5) is 5.82 Å². The first-order chi connectivity index (χ1) is 6.90. The minimum absolute atomic E-state index is 0.626. The van der Waals surface area contributed by atoms with E-state index in [4.69, 9.17) is 0 Å². The summed E-state index contributed by atoms with van der Waals surface area (Å²) < 4.78 is 0. The molecule has 1 aliphatic rings. The Balaban J connectivity index is 2.15. The summed E-state index contributed by atoms with van der Waals surface area (Å²) in [4.78, 5) is 16.9. The van der Waals surface area contributed by atoms with E-state index >= 15 is 0 Å². The van der Waals surface area contributed by atoms with Gasteiger partial charge in [-0.3, -0.25) is 4.79 Å². The Hall–Kier alpha value is -1.64. The van der Waals surface area contributed by atoms with Crippen molar-refractivity contribution in [2.24, 2.45) is 0 Å². The van der Waals surface area contributed by atoms with E-state index in [9.17, 15) is 4.79 Å². The van der Waals surface area contributed by atoms with Crippen molar-refractivity contribution in [3.63, 3.8) is 0 Å². The Morgan fingerprint density at radius 2 is 2.29 bits per heavy atom. The third-order valence-corrected chi connectivity index (χ3v) is 2.29. The largest absolute Gasteiger partial charge is 0.353 e. The smallest absolute Gasteiger partial charge is 0.151 e. The van der Waals surface area contributed by atoms with Gasteiger partial charge in [0.05, 0.1) is 0 Å². The molecule has 1 aromatic heterocycles. The number of nitrogens with zero attached hydrogens (tertiary/aromatic N) is 2. The summed E-state index contributed by atoms with van der Waals surface area (Å²) in [5, 5.41) is 0. The second-order valence-corrected chi connectivity index (χ2v) is 3.27. The van der Waals surface area contributed by atoms with Crippen molar-refractivity contribution in [1.82, 2.24) is 4.98 Å². The normalized spacial score (nSPS) is 15.6. The molecule has 0 atom stereocenters. The van der Waals surface area contributed by atoms with E-state index in [2.05, 4.69) is 22.0 Å². The fourth-order valence-electron chi connectivity index (χ4n) is 1.50. The maximum absolute atomic E-state index is 10.4. The number of hydrogen-bond acceptors (Lipinski definition) is 3. The predicted octanol–water partition coefficient (Wildman–Crippen LogP) is 1.66. The van der Waals surface area contributed by atoms with Crippen LogP contribution in [0, 0.1) is 0 Å². The van der Waals surface area contributed by atoms with Crippen LogP contribution in [-0.4, -0.2) is 24.4 Å². The van der Waals surface area contributed by atoms with Crippen molar-refractivity contribution in [2.75, 3.05) is 18.0 Å². The first-order valence-corrected chi connectivity index (χ1v) is 4.71. The standard InChI is InChI=1S/C11H12N2O/c14-9-10-4-5-11(12-8-10)13-6-2-1-3-7-13/h1-2,4-5,8-9H,3,6-7H2. The molecule has 2 heterocycles. The van der Waals surface area contributed by atoms with Crippen LogP contribution < -0.4 is 4.90 Å². The number of aldehydes is 1. The lowest BCUT2D eigenvalue weighted by molar-refractivity contribution is 0.112. The van der Waals surface area contributed by atoms with E-state index in [0.717, 1.165) is 31.6 Å². The highest BCUT2D eigenvalue weighted by Gasteiger charge is 2.07. The Morgan fingerprint density at radius 1 is 1.36 bits per heavy atom. The molecule has 0 saturated heterocycles. The maximum atomic E-state index is 10.4. The van der Waals surface area contributed by atoms with E-state index in [1.807, 2.05) is 6.07 Å². The van der Waals surface area contributed by atoms with Crippen LogP contribution in [0.3, 0.4) is 0 Å². The Morgan fingerprint density at radius 3 is 2.86 bits per heavy atom. The minimum atomic E-state index is 0.626. The van der Waals surface area contributed by atoms with Gasteiger partial charge in [-0.2, -0.15) is 0 Å². The molecule has 0 unspecified atom stereocenters. The van der Waals surface area contributed by atoms with Gasteiger partial charge in [0.25, 0.3) is 0 Å². The lowest BCUT2D eigenvalue weighted by Crippen LogP contribution is -2.27. The molecule has 0 amide bonds. The van der Waals surface area contributed by atoms with Crippen LogP contribution in [0.25, 0.3) is 0 Å². The van der Waals surface area contributed by atoms with Gasteiger partial charge in [0.15, 0.2) is 6.29 Å². The second-order valence-electron chi connectivity index (χ2n) is 3.27. The molecule has 0 aromatic carbocycles. The fourth-order valence-corrected chi connectivity index (χ4v) is 1.50. The van der Waals surface area contributed by atoms with Crippen LogP contribution in [0.1, 0.15) is 16.8 Å². The number of carbonyl (C=O) groups is 1. The average Bonchev–Trinajstić information content (AvgIpc) is 2.30. The van der Waals surface area contributed by atoms with Gasteiger partial charge in [-0.05, 0) is 18.6 Å². The van der Waals surface area contributed by atoms with Gasteiger partial charge in [-0.1, -0.05) is 12.2 Å². The fraction of sp³-hybridized carbons (Fsp3) is 0.273. The van der Waals surface area contributed by atoms with Crippen LogP contribution in [0.15, 0.2) is 30.5 Å². The van der Waals surface area contributed by atoms with Crippen LogP contribution in [-0.2, 0) is 0 Å². The van der Waals surface area contributed by atoms with Crippen molar-refractivity contribution in [3.8, 4) is 0 Å². The number of hydrogen-bond donors (Lipinski definition) is 0. The second kappa shape index (κ2) is 4.05. The van der Waals surface area contributed by atoms with Gasteiger partial charge < -0.3 is 4.90 Å². The Labute approximate surface area is 83.1 Å². The average molecular weight is 188 g/mol. The molecule has 0 bridgehead atoms.